The van der Waals surface area contributed by atoms with Crippen LogP contribution in [-0.4, -0.2) is 20.8 Å². The molecule has 106 valence electrons. The fourth-order valence-electron chi connectivity index (χ4n) is 2.01. The van der Waals surface area contributed by atoms with Gasteiger partial charge in [-0.3, -0.25) is 0 Å². The van der Waals surface area contributed by atoms with Crippen LogP contribution >= 0.6 is 0 Å². The molecule has 0 aliphatic heterocycles. The predicted molar refractivity (Wildman–Crippen MR) is 66.2 cm³/mol. The molecule has 0 unspecified atom stereocenters. The Morgan fingerprint density at radius 3 is 2.70 bits per heavy atom. The Hall–Kier alpha value is -1.89. The van der Waals surface area contributed by atoms with Crippen LogP contribution < -0.4 is 5.32 Å². The molecule has 4 nitrogen and oxygen atoms in total. The molecule has 0 bridgehead atoms. The van der Waals surface area contributed by atoms with Gasteiger partial charge in [-0.1, -0.05) is 6.07 Å². The fraction of sp³-hybridized carbons (Fsp3) is 0.385. The van der Waals surface area contributed by atoms with E-state index in [0.717, 1.165) is 17.5 Å². The van der Waals surface area contributed by atoms with Gasteiger partial charge in [0.15, 0.2) is 11.5 Å². The SMILES string of the molecule is FC(F)(F)c1c(CNC2CC2)cnn1-c1ccccn1. The number of hydrogen-bond acceptors (Lipinski definition) is 3. The van der Waals surface area contributed by atoms with E-state index < -0.39 is 11.9 Å². The quantitative estimate of drug-likeness (QED) is 0.937. The lowest BCUT2D eigenvalue weighted by molar-refractivity contribution is -0.143. The number of hydrogen-bond donors (Lipinski definition) is 1. The van der Waals surface area contributed by atoms with E-state index in [1.54, 1.807) is 12.1 Å². The minimum atomic E-state index is -4.46. The molecule has 7 heteroatoms. The molecular weight excluding hydrogens is 269 g/mol. The second-order valence-corrected chi connectivity index (χ2v) is 4.77. The summed E-state index contributed by atoms with van der Waals surface area (Å²) in [6, 6.07) is 5.12. The number of nitrogens with zero attached hydrogens (tertiary/aromatic N) is 3. The molecule has 0 spiro atoms. The predicted octanol–water partition coefficient (Wildman–Crippen LogP) is 2.54. The summed E-state index contributed by atoms with van der Waals surface area (Å²) in [6.45, 7) is 0.173. The van der Waals surface area contributed by atoms with Crippen molar-refractivity contribution in [2.75, 3.05) is 0 Å². The van der Waals surface area contributed by atoms with Gasteiger partial charge in [0, 0.05) is 24.3 Å². The van der Waals surface area contributed by atoms with Crippen molar-refractivity contribution >= 4 is 0 Å². The van der Waals surface area contributed by atoms with Crippen molar-refractivity contribution < 1.29 is 13.2 Å². The summed E-state index contributed by atoms with van der Waals surface area (Å²) in [5, 5.41) is 6.92. The molecule has 1 aliphatic rings. The zero-order chi connectivity index (χ0) is 14.2. The lowest BCUT2D eigenvalue weighted by Gasteiger charge is -2.12. The van der Waals surface area contributed by atoms with Gasteiger partial charge < -0.3 is 5.32 Å². The summed E-state index contributed by atoms with van der Waals surface area (Å²) in [6.07, 6.45) is 0.284. The number of alkyl halides is 3. The maximum Gasteiger partial charge on any atom is 0.433 e. The maximum atomic E-state index is 13.3. The van der Waals surface area contributed by atoms with Crippen LogP contribution in [0.15, 0.2) is 30.6 Å². The molecule has 3 rings (SSSR count). The van der Waals surface area contributed by atoms with Gasteiger partial charge in [0.05, 0.1) is 6.20 Å². The van der Waals surface area contributed by atoms with Crippen LogP contribution in [0.4, 0.5) is 13.2 Å². The van der Waals surface area contributed by atoms with Gasteiger partial charge in [-0.15, -0.1) is 0 Å². The molecule has 1 N–H and O–H groups in total. The first-order chi connectivity index (χ1) is 9.55. The van der Waals surface area contributed by atoms with Gasteiger partial charge in [0.2, 0.25) is 0 Å². The second-order valence-electron chi connectivity index (χ2n) is 4.77. The number of nitrogens with one attached hydrogen (secondary N) is 1. The Bertz CT molecular complexity index is 587. The second kappa shape index (κ2) is 4.90. The molecule has 1 aliphatic carbocycles. The summed E-state index contributed by atoms with van der Waals surface area (Å²) >= 11 is 0. The van der Waals surface area contributed by atoms with E-state index in [-0.39, 0.29) is 17.9 Å². The van der Waals surface area contributed by atoms with E-state index in [4.69, 9.17) is 0 Å². The monoisotopic (exact) mass is 282 g/mol. The zero-order valence-electron chi connectivity index (χ0n) is 10.6. The van der Waals surface area contributed by atoms with Gasteiger partial charge in [-0.25, -0.2) is 9.67 Å². The van der Waals surface area contributed by atoms with Crippen LogP contribution in [0.5, 0.6) is 0 Å². The van der Waals surface area contributed by atoms with Crippen molar-refractivity contribution in [3.8, 4) is 5.82 Å². The van der Waals surface area contributed by atoms with Crippen molar-refractivity contribution in [1.29, 1.82) is 0 Å². The van der Waals surface area contributed by atoms with Crippen molar-refractivity contribution in [2.45, 2.75) is 31.6 Å². The number of aromatic nitrogens is 3. The highest BCUT2D eigenvalue weighted by Crippen LogP contribution is 2.33. The van der Waals surface area contributed by atoms with Crippen LogP contribution in [0.25, 0.3) is 5.82 Å². The smallest absolute Gasteiger partial charge is 0.310 e. The van der Waals surface area contributed by atoms with Crippen LogP contribution in [0.2, 0.25) is 0 Å². The molecule has 0 saturated heterocycles. The maximum absolute atomic E-state index is 13.3. The first-order valence-corrected chi connectivity index (χ1v) is 6.34. The molecule has 2 aromatic heterocycles. The van der Waals surface area contributed by atoms with Crippen LogP contribution in [0, 0.1) is 0 Å². The minimum absolute atomic E-state index is 0.148. The Morgan fingerprint density at radius 2 is 2.10 bits per heavy atom. The standard InChI is InChI=1S/C13H13F3N4/c14-13(15,16)12-9(7-18-10-4-5-10)8-19-20(12)11-3-1-2-6-17-11/h1-3,6,8,10,18H,4-5,7H2. The molecule has 0 radical (unpaired) electrons. The average molecular weight is 282 g/mol. The summed E-state index contributed by atoms with van der Waals surface area (Å²) in [5.41, 5.74) is -0.612. The van der Waals surface area contributed by atoms with E-state index >= 15 is 0 Å². The molecule has 1 fully saturated rings. The number of halogens is 3. The van der Waals surface area contributed by atoms with E-state index in [9.17, 15) is 13.2 Å². The van der Waals surface area contributed by atoms with E-state index in [1.807, 2.05) is 0 Å². The molecule has 2 aromatic rings. The molecular formula is C13H13F3N4. The molecule has 0 aromatic carbocycles. The zero-order valence-corrected chi connectivity index (χ0v) is 10.6. The van der Waals surface area contributed by atoms with Gasteiger partial charge in [-0.05, 0) is 25.0 Å². The Morgan fingerprint density at radius 1 is 1.30 bits per heavy atom. The topological polar surface area (TPSA) is 42.7 Å². The number of rotatable bonds is 4. The van der Waals surface area contributed by atoms with Crippen LogP contribution in [0.3, 0.4) is 0 Å². The molecule has 20 heavy (non-hydrogen) atoms. The van der Waals surface area contributed by atoms with Gasteiger partial charge in [0.1, 0.15) is 0 Å². The fourth-order valence-corrected chi connectivity index (χ4v) is 2.01. The highest BCUT2D eigenvalue weighted by Gasteiger charge is 2.39. The lowest BCUT2D eigenvalue weighted by atomic mass is 10.2. The van der Waals surface area contributed by atoms with Gasteiger partial charge in [-0.2, -0.15) is 18.3 Å². The first-order valence-electron chi connectivity index (χ1n) is 6.34. The van der Waals surface area contributed by atoms with E-state index in [0.29, 0.717) is 6.04 Å². The Balaban J connectivity index is 1.97. The molecule has 1 saturated carbocycles. The Kier molecular flexibility index (Phi) is 3.21. The largest absolute Gasteiger partial charge is 0.433 e. The van der Waals surface area contributed by atoms with E-state index in [2.05, 4.69) is 15.4 Å². The third-order valence-corrected chi connectivity index (χ3v) is 3.14. The lowest BCUT2D eigenvalue weighted by Crippen LogP contribution is -2.20. The third-order valence-electron chi connectivity index (χ3n) is 3.14. The average Bonchev–Trinajstić information content (AvgIpc) is 3.14. The van der Waals surface area contributed by atoms with Gasteiger partial charge in [0.25, 0.3) is 0 Å². The van der Waals surface area contributed by atoms with Gasteiger partial charge >= 0.3 is 6.18 Å². The summed E-state index contributed by atoms with van der Waals surface area (Å²) in [7, 11) is 0. The normalized spacial score (nSPS) is 15.6. The van der Waals surface area contributed by atoms with Crippen molar-refractivity contribution in [3.63, 3.8) is 0 Å². The summed E-state index contributed by atoms with van der Waals surface area (Å²) in [4.78, 5) is 3.92. The highest BCUT2D eigenvalue weighted by atomic mass is 19.4. The van der Waals surface area contributed by atoms with Crippen LogP contribution in [0.1, 0.15) is 24.1 Å². The third kappa shape index (κ3) is 2.67. The molecule has 2 heterocycles. The molecule has 0 amide bonds. The minimum Gasteiger partial charge on any atom is -0.310 e. The van der Waals surface area contributed by atoms with Crippen LogP contribution in [-0.2, 0) is 12.7 Å². The van der Waals surface area contributed by atoms with Crippen molar-refractivity contribution in [1.82, 2.24) is 20.1 Å². The first kappa shape index (κ1) is 13.1. The summed E-state index contributed by atoms with van der Waals surface area (Å²) < 4.78 is 40.6. The summed E-state index contributed by atoms with van der Waals surface area (Å²) in [5.74, 6) is 0.164. The molecule has 0 atom stereocenters. The van der Waals surface area contributed by atoms with Crippen molar-refractivity contribution in [3.05, 3.63) is 41.9 Å². The highest BCUT2D eigenvalue weighted by molar-refractivity contribution is 5.30. The van der Waals surface area contributed by atoms with Crippen molar-refractivity contribution in [2.24, 2.45) is 0 Å². The Labute approximate surface area is 113 Å². The van der Waals surface area contributed by atoms with E-state index in [1.165, 1.54) is 18.5 Å². The number of pyridine rings is 1.